The number of hydrogen-bond donors (Lipinski definition) is 1. The Morgan fingerprint density at radius 1 is 0.824 bits per heavy atom. The number of allylic oxidation sites excluding steroid dienone is 6. The number of hydrogen-bond acceptors (Lipinski definition) is 2. The summed E-state index contributed by atoms with van der Waals surface area (Å²) in [6.45, 7) is 12.0. The van der Waals surface area contributed by atoms with Crippen molar-refractivity contribution in [2.24, 2.45) is 0 Å². The fraction of sp³-hybridized carbons (Fsp3) is 0.0625. The van der Waals surface area contributed by atoms with Crippen LogP contribution in [-0.4, -0.2) is 0 Å². The predicted octanol–water partition coefficient (Wildman–Crippen LogP) is 7.98. The average molecular weight is 460 g/mol. The molecule has 0 atom stereocenters. The highest BCUT2D eigenvalue weighted by molar-refractivity contribution is 7.17. The van der Waals surface area contributed by atoms with E-state index in [0.717, 1.165) is 22.5 Å². The van der Waals surface area contributed by atoms with Crippen LogP contribution in [0.5, 0.6) is 0 Å². The Kier molecular flexibility index (Phi) is 7.41. The third kappa shape index (κ3) is 4.88. The van der Waals surface area contributed by atoms with E-state index in [4.69, 9.17) is 0 Å². The van der Waals surface area contributed by atoms with Gasteiger partial charge in [0.05, 0.1) is 0 Å². The van der Waals surface area contributed by atoms with Gasteiger partial charge in [0.2, 0.25) is 0 Å². The van der Waals surface area contributed by atoms with Crippen molar-refractivity contribution in [1.82, 2.24) is 0 Å². The average Bonchev–Trinajstić information content (AvgIpc) is 3.25. The number of benzene rings is 3. The van der Waals surface area contributed by atoms with E-state index >= 15 is 0 Å². The van der Waals surface area contributed by atoms with E-state index in [-0.39, 0.29) is 0 Å². The first-order chi connectivity index (χ1) is 16.7. The summed E-state index contributed by atoms with van der Waals surface area (Å²) in [7, 11) is 0. The van der Waals surface area contributed by atoms with Crippen molar-refractivity contribution in [2.75, 3.05) is 5.32 Å². The van der Waals surface area contributed by atoms with Gasteiger partial charge in [-0.1, -0.05) is 92.1 Å². The SMILES string of the molecule is C=C/C=C\C(=C/C)c1ccc(Nc2ccc(/C(C=C)=c3\sc4ccccc4\c3=C\C)cc2)cc1. The molecule has 0 saturated heterocycles. The van der Waals surface area contributed by atoms with Crippen LogP contribution in [0.15, 0.2) is 116 Å². The minimum absolute atomic E-state index is 1.05. The summed E-state index contributed by atoms with van der Waals surface area (Å²) in [5, 5.41) is 6.08. The van der Waals surface area contributed by atoms with Crippen molar-refractivity contribution in [1.29, 1.82) is 0 Å². The number of fused-ring (bicyclic) bond motifs is 1. The van der Waals surface area contributed by atoms with Gasteiger partial charge in [-0.25, -0.2) is 0 Å². The molecule has 0 spiro atoms. The van der Waals surface area contributed by atoms with E-state index in [1.54, 1.807) is 6.08 Å². The van der Waals surface area contributed by atoms with Gasteiger partial charge in [-0.3, -0.25) is 0 Å². The van der Waals surface area contributed by atoms with Crippen LogP contribution in [0.25, 0.3) is 27.3 Å². The molecular weight excluding hydrogens is 430 g/mol. The van der Waals surface area contributed by atoms with Crippen molar-refractivity contribution in [3.8, 4) is 0 Å². The first-order valence-corrected chi connectivity index (χ1v) is 12.2. The Morgan fingerprint density at radius 2 is 1.47 bits per heavy atom. The van der Waals surface area contributed by atoms with Gasteiger partial charge in [0, 0.05) is 20.6 Å². The number of thiophene rings is 1. The largest absolute Gasteiger partial charge is 0.356 e. The summed E-state index contributed by atoms with van der Waals surface area (Å²) in [6, 6.07) is 25.6. The third-order valence-electron chi connectivity index (χ3n) is 5.80. The minimum Gasteiger partial charge on any atom is -0.356 e. The van der Waals surface area contributed by atoms with Crippen LogP contribution in [0.1, 0.15) is 25.0 Å². The molecule has 1 heterocycles. The summed E-state index contributed by atoms with van der Waals surface area (Å²) in [5.74, 6) is 0. The van der Waals surface area contributed by atoms with Gasteiger partial charge >= 0.3 is 0 Å². The van der Waals surface area contributed by atoms with Gasteiger partial charge < -0.3 is 5.32 Å². The van der Waals surface area contributed by atoms with Crippen LogP contribution in [-0.2, 0) is 0 Å². The maximum atomic E-state index is 4.12. The first kappa shape index (κ1) is 23.3. The molecule has 0 amide bonds. The van der Waals surface area contributed by atoms with Crippen molar-refractivity contribution in [3.05, 3.63) is 137 Å². The summed E-state index contributed by atoms with van der Waals surface area (Å²) in [6.07, 6.45) is 12.1. The molecule has 0 fully saturated rings. The maximum Gasteiger partial charge on any atom is 0.0430 e. The van der Waals surface area contributed by atoms with E-state index in [1.807, 2.05) is 30.4 Å². The van der Waals surface area contributed by atoms with Crippen LogP contribution in [0.4, 0.5) is 11.4 Å². The monoisotopic (exact) mass is 459 g/mol. The van der Waals surface area contributed by atoms with E-state index in [2.05, 4.69) is 116 Å². The molecule has 0 bridgehead atoms. The van der Waals surface area contributed by atoms with Crippen LogP contribution >= 0.6 is 11.3 Å². The predicted molar refractivity (Wildman–Crippen MR) is 153 cm³/mol. The summed E-state index contributed by atoms with van der Waals surface area (Å²) < 4.78 is 2.56. The molecule has 1 aromatic heterocycles. The smallest absolute Gasteiger partial charge is 0.0430 e. The molecule has 0 aliphatic rings. The summed E-state index contributed by atoms with van der Waals surface area (Å²) in [4.78, 5) is 0. The summed E-state index contributed by atoms with van der Waals surface area (Å²) in [5.41, 5.74) is 6.79. The fourth-order valence-electron chi connectivity index (χ4n) is 4.07. The van der Waals surface area contributed by atoms with Crippen LogP contribution in [0.2, 0.25) is 0 Å². The van der Waals surface area contributed by atoms with Gasteiger partial charge in [-0.2, -0.15) is 0 Å². The standard InChI is InChI=1S/C32H29NS/c1-5-9-12-23(6-2)24-15-19-26(20-16-24)33-27-21-17-25(18-22-27)28(7-3)32-29(8-4)30-13-10-11-14-31(30)34-32/h5-22,33H,1,3H2,2,4H3/b12-9-,23-6+,29-8-,32-28-. The fourth-order valence-corrected chi connectivity index (χ4v) is 5.37. The van der Waals surface area contributed by atoms with Gasteiger partial charge in [0.1, 0.15) is 0 Å². The second kappa shape index (κ2) is 10.8. The lowest BCUT2D eigenvalue weighted by molar-refractivity contribution is 1.51. The molecule has 4 aromatic rings. The van der Waals surface area contributed by atoms with Gasteiger partial charge in [0.25, 0.3) is 0 Å². The molecule has 0 aliphatic heterocycles. The number of nitrogens with one attached hydrogen (secondary N) is 1. The molecule has 3 aromatic carbocycles. The lowest BCUT2D eigenvalue weighted by Gasteiger charge is -2.09. The Bertz CT molecular complexity index is 1490. The van der Waals surface area contributed by atoms with E-state index in [0.29, 0.717) is 0 Å². The molecule has 0 saturated carbocycles. The minimum atomic E-state index is 1.05. The second-order valence-corrected chi connectivity index (χ2v) is 8.92. The molecule has 1 N–H and O–H groups in total. The van der Waals surface area contributed by atoms with Crippen molar-refractivity contribution < 1.29 is 0 Å². The number of rotatable bonds is 7. The maximum absolute atomic E-state index is 4.12. The third-order valence-corrected chi connectivity index (χ3v) is 7.02. The van der Waals surface area contributed by atoms with Crippen LogP contribution in [0, 0.1) is 0 Å². The zero-order valence-corrected chi connectivity index (χ0v) is 20.5. The molecule has 2 heteroatoms. The zero-order chi connectivity index (χ0) is 23.9. The molecular formula is C32H29NS. The highest BCUT2D eigenvalue weighted by Gasteiger charge is 2.06. The summed E-state index contributed by atoms with van der Waals surface area (Å²) >= 11 is 1.82. The Hall–Kier alpha value is -3.88. The van der Waals surface area contributed by atoms with Crippen molar-refractivity contribution >= 4 is 50.0 Å². The first-order valence-electron chi connectivity index (χ1n) is 11.4. The highest BCUT2D eigenvalue weighted by Crippen LogP contribution is 2.23. The van der Waals surface area contributed by atoms with Crippen molar-refractivity contribution in [3.63, 3.8) is 0 Å². The van der Waals surface area contributed by atoms with Crippen LogP contribution < -0.4 is 15.1 Å². The lowest BCUT2D eigenvalue weighted by Crippen LogP contribution is -2.21. The molecule has 0 radical (unpaired) electrons. The normalized spacial score (nSPS) is 13.4. The molecule has 34 heavy (non-hydrogen) atoms. The molecule has 0 unspecified atom stereocenters. The zero-order valence-electron chi connectivity index (χ0n) is 19.7. The van der Waals surface area contributed by atoms with Crippen LogP contribution in [0.3, 0.4) is 0 Å². The molecule has 168 valence electrons. The molecule has 4 rings (SSSR count). The lowest BCUT2D eigenvalue weighted by atomic mass is 10.0. The second-order valence-electron chi connectivity index (χ2n) is 7.87. The van der Waals surface area contributed by atoms with Gasteiger partial charge in [0.15, 0.2) is 0 Å². The van der Waals surface area contributed by atoms with Gasteiger partial charge in [-0.05, 0) is 77.1 Å². The van der Waals surface area contributed by atoms with Gasteiger partial charge in [-0.15, -0.1) is 11.3 Å². The van der Waals surface area contributed by atoms with E-state index < -0.39 is 0 Å². The number of anilines is 2. The van der Waals surface area contributed by atoms with E-state index in [1.165, 1.54) is 31.0 Å². The quantitative estimate of drug-likeness (QED) is 0.276. The topological polar surface area (TPSA) is 12.0 Å². The Morgan fingerprint density at radius 3 is 2.06 bits per heavy atom. The Labute approximate surface area is 206 Å². The molecule has 1 nitrogen and oxygen atoms in total. The Balaban J connectivity index is 1.62. The van der Waals surface area contributed by atoms with E-state index in [9.17, 15) is 0 Å². The highest BCUT2D eigenvalue weighted by atomic mass is 32.1. The van der Waals surface area contributed by atoms with Crippen molar-refractivity contribution in [2.45, 2.75) is 13.8 Å². The molecule has 0 aliphatic carbocycles.